The highest BCUT2D eigenvalue weighted by atomic mass is 32.1. The predicted molar refractivity (Wildman–Crippen MR) is 93.3 cm³/mol. The topological polar surface area (TPSA) is 60.9 Å². The molecule has 3 aromatic rings. The van der Waals surface area contributed by atoms with Crippen molar-refractivity contribution in [3.05, 3.63) is 35.2 Å². The van der Waals surface area contributed by atoms with Crippen molar-refractivity contribution >= 4 is 27.4 Å². The molecule has 0 aliphatic carbocycles. The zero-order valence-corrected chi connectivity index (χ0v) is 14.6. The van der Waals surface area contributed by atoms with Crippen molar-refractivity contribution in [2.24, 2.45) is 0 Å². The van der Waals surface area contributed by atoms with Crippen LogP contribution in [-0.2, 0) is 13.0 Å². The molecule has 0 radical (unpaired) electrons. The number of thiophene rings is 1. The third kappa shape index (κ3) is 3.80. The lowest BCUT2D eigenvalue weighted by atomic mass is 10.2. The first kappa shape index (κ1) is 17.2. The van der Waals surface area contributed by atoms with Crippen LogP contribution in [-0.4, -0.2) is 57.4 Å². The lowest BCUT2D eigenvalue weighted by Crippen LogP contribution is -2.46. The van der Waals surface area contributed by atoms with Gasteiger partial charge in [-0.3, -0.25) is 10.00 Å². The first-order chi connectivity index (χ1) is 12.5. The van der Waals surface area contributed by atoms with Gasteiger partial charge < -0.3 is 4.90 Å². The Hall–Kier alpha value is -2.20. The lowest BCUT2D eigenvalue weighted by molar-refractivity contribution is -0.126. The number of H-pyrrole nitrogens is 1. The lowest BCUT2D eigenvalue weighted by Gasteiger charge is -2.35. The van der Waals surface area contributed by atoms with Gasteiger partial charge in [0, 0.05) is 49.4 Å². The molecule has 4 heterocycles. The van der Waals surface area contributed by atoms with Crippen molar-refractivity contribution in [1.82, 2.24) is 25.1 Å². The fourth-order valence-corrected chi connectivity index (χ4v) is 4.19. The Bertz CT molecular complexity index is 868. The molecule has 26 heavy (non-hydrogen) atoms. The van der Waals surface area contributed by atoms with Crippen LogP contribution in [0.2, 0.25) is 0 Å². The number of nitrogens with one attached hydrogen (secondary N) is 1. The SMILES string of the molecule is FC(F)(F)Cc1cc2c(N3CCN(Cc4cn[nH]c4)CC3)ncnc2s1. The zero-order chi connectivity index (χ0) is 18.1. The smallest absolute Gasteiger partial charge is 0.353 e. The maximum absolute atomic E-state index is 12.7. The summed E-state index contributed by atoms with van der Waals surface area (Å²) in [7, 11) is 0. The maximum atomic E-state index is 12.7. The molecule has 1 aliphatic heterocycles. The summed E-state index contributed by atoms with van der Waals surface area (Å²) in [5, 5.41) is 7.47. The maximum Gasteiger partial charge on any atom is 0.393 e. The average Bonchev–Trinajstić information content (AvgIpc) is 3.22. The van der Waals surface area contributed by atoms with Crippen LogP contribution in [0.1, 0.15) is 10.4 Å². The van der Waals surface area contributed by atoms with E-state index in [1.165, 1.54) is 6.33 Å². The van der Waals surface area contributed by atoms with Crippen LogP contribution in [0.25, 0.3) is 10.2 Å². The number of fused-ring (bicyclic) bond motifs is 1. The molecule has 10 heteroatoms. The average molecular weight is 382 g/mol. The second-order valence-corrected chi connectivity index (χ2v) is 7.41. The van der Waals surface area contributed by atoms with E-state index in [0.717, 1.165) is 55.4 Å². The van der Waals surface area contributed by atoms with Crippen molar-refractivity contribution in [1.29, 1.82) is 0 Å². The van der Waals surface area contributed by atoms with E-state index in [1.54, 1.807) is 6.07 Å². The number of aromatic nitrogens is 4. The van der Waals surface area contributed by atoms with Crippen molar-refractivity contribution in [3.63, 3.8) is 0 Å². The number of nitrogens with zero attached hydrogens (tertiary/aromatic N) is 5. The monoisotopic (exact) mass is 382 g/mol. The molecule has 0 spiro atoms. The fraction of sp³-hybridized carbons (Fsp3) is 0.438. The molecular weight excluding hydrogens is 365 g/mol. The zero-order valence-electron chi connectivity index (χ0n) is 13.8. The van der Waals surface area contributed by atoms with Gasteiger partial charge in [-0.1, -0.05) is 0 Å². The van der Waals surface area contributed by atoms with Gasteiger partial charge in [0.05, 0.1) is 18.0 Å². The van der Waals surface area contributed by atoms with Gasteiger partial charge >= 0.3 is 6.18 Å². The molecule has 0 bridgehead atoms. The van der Waals surface area contributed by atoms with E-state index < -0.39 is 12.6 Å². The highest BCUT2D eigenvalue weighted by Gasteiger charge is 2.29. The summed E-state index contributed by atoms with van der Waals surface area (Å²) in [5.74, 6) is 0.725. The summed E-state index contributed by atoms with van der Waals surface area (Å²) < 4.78 is 38.0. The number of halogens is 3. The van der Waals surface area contributed by atoms with Crippen LogP contribution in [0.3, 0.4) is 0 Å². The van der Waals surface area contributed by atoms with Crippen molar-refractivity contribution in [2.45, 2.75) is 19.1 Å². The second kappa shape index (κ2) is 6.84. The van der Waals surface area contributed by atoms with Crippen LogP contribution in [0.4, 0.5) is 19.0 Å². The molecule has 0 amide bonds. The Kier molecular flexibility index (Phi) is 4.53. The highest BCUT2D eigenvalue weighted by Crippen LogP contribution is 2.34. The largest absolute Gasteiger partial charge is 0.393 e. The Morgan fingerprint density at radius 3 is 2.65 bits per heavy atom. The first-order valence-corrected chi connectivity index (χ1v) is 9.05. The number of hydrogen-bond acceptors (Lipinski definition) is 6. The summed E-state index contributed by atoms with van der Waals surface area (Å²) in [6, 6.07) is 1.58. The number of anilines is 1. The molecule has 0 atom stereocenters. The minimum atomic E-state index is -4.22. The molecule has 138 valence electrons. The summed E-state index contributed by atoms with van der Waals surface area (Å²) in [5.41, 5.74) is 1.14. The minimum absolute atomic E-state index is 0.271. The quantitative estimate of drug-likeness (QED) is 0.752. The Morgan fingerprint density at radius 2 is 1.96 bits per heavy atom. The normalized spacial score (nSPS) is 16.5. The molecule has 1 aliphatic rings. The van der Waals surface area contributed by atoms with Gasteiger partial charge in [-0.25, -0.2) is 9.97 Å². The van der Waals surface area contributed by atoms with Gasteiger partial charge in [-0.05, 0) is 6.07 Å². The number of piperazine rings is 1. The Morgan fingerprint density at radius 1 is 1.15 bits per heavy atom. The molecule has 4 rings (SSSR count). The van der Waals surface area contributed by atoms with Crippen molar-refractivity contribution in [3.8, 4) is 0 Å². The van der Waals surface area contributed by atoms with Crippen LogP contribution >= 0.6 is 11.3 Å². The van der Waals surface area contributed by atoms with Crippen molar-refractivity contribution in [2.75, 3.05) is 31.1 Å². The van der Waals surface area contributed by atoms with Crippen LogP contribution in [0, 0.1) is 0 Å². The van der Waals surface area contributed by atoms with E-state index >= 15 is 0 Å². The third-order valence-electron chi connectivity index (χ3n) is 4.37. The highest BCUT2D eigenvalue weighted by molar-refractivity contribution is 7.18. The molecule has 0 saturated carbocycles. The van der Waals surface area contributed by atoms with E-state index in [1.807, 2.05) is 12.4 Å². The standard InChI is InChI=1S/C16H17F3N6S/c17-16(18,19)6-12-5-13-14(20-10-21-15(13)26-12)25-3-1-24(2-4-25)9-11-7-22-23-8-11/h5,7-8,10H,1-4,6,9H2,(H,22,23). The minimum Gasteiger partial charge on any atom is -0.353 e. The molecule has 0 aromatic carbocycles. The van der Waals surface area contributed by atoms with Crippen LogP contribution in [0.15, 0.2) is 24.8 Å². The van der Waals surface area contributed by atoms with Crippen LogP contribution in [0.5, 0.6) is 0 Å². The molecule has 6 nitrogen and oxygen atoms in total. The summed E-state index contributed by atoms with van der Waals surface area (Å²) in [4.78, 5) is 13.8. The van der Waals surface area contributed by atoms with Gasteiger partial charge in [0.15, 0.2) is 0 Å². The van der Waals surface area contributed by atoms with E-state index in [0.29, 0.717) is 10.2 Å². The molecule has 3 aromatic heterocycles. The number of hydrogen-bond donors (Lipinski definition) is 1. The Balaban J connectivity index is 1.48. The van der Waals surface area contributed by atoms with Gasteiger partial charge in [-0.2, -0.15) is 18.3 Å². The first-order valence-electron chi connectivity index (χ1n) is 8.23. The summed E-state index contributed by atoms with van der Waals surface area (Å²) in [6.07, 6.45) is -0.00968. The van der Waals surface area contributed by atoms with E-state index in [4.69, 9.17) is 0 Å². The second-order valence-electron chi connectivity index (χ2n) is 6.29. The van der Waals surface area contributed by atoms with Gasteiger partial charge in [-0.15, -0.1) is 11.3 Å². The summed E-state index contributed by atoms with van der Waals surface area (Å²) >= 11 is 1.09. The molecular formula is C16H17F3N6S. The van der Waals surface area contributed by atoms with E-state index in [-0.39, 0.29) is 4.88 Å². The molecule has 1 saturated heterocycles. The molecule has 0 unspecified atom stereocenters. The van der Waals surface area contributed by atoms with Gasteiger partial charge in [0.25, 0.3) is 0 Å². The molecule has 1 fully saturated rings. The fourth-order valence-electron chi connectivity index (χ4n) is 3.17. The van der Waals surface area contributed by atoms with Gasteiger partial charge in [0.1, 0.15) is 17.0 Å². The number of aromatic amines is 1. The number of alkyl halides is 3. The summed E-state index contributed by atoms with van der Waals surface area (Å²) in [6.45, 7) is 4.09. The van der Waals surface area contributed by atoms with E-state index in [9.17, 15) is 13.2 Å². The Labute approximate surface area is 151 Å². The number of rotatable bonds is 4. The third-order valence-corrected chi connectivity index (χ3v) is 5.41. The van der Waals surface area contributed by atoms with Gasteiger partial charge in [0.2, 0.25) is 0 Å². The van der Waals surface area contributed by atoms with Crippen molar-refractivity contribution < 1.29 is 13.2 Å². The van der Waals surface area contributed by atoms with E-state index in [2.05, 4.69) is 30.0 Å². The van der Waals surface area contributed by atoms with Crippen LogP contribution < -0.4 is 4.90 Å². The molecule has 1 N–H and O–H groups in total. The predicted octanol–water partition coefficient (Wildman–Crippen LogP) is 2.84.